The normalized spacial score (nSPS) is 16.0. The minimum Gasteiger partial charge on any atom is -0.355 e. The zero-order valence-corrected chi connectivity index (χ0v) is 15.5. The third-order valence-electron chi connectivity index (χ3n) is 5.04. The maximum Gasteiger partial charge on any atom is 0.251 e. The van der Waals surface area contributed by atoms with Crippen molar-refractivity contribution in [3.63, 3.8) is 0 Å². The van der Waals surface area contributed by atoms with Gasteiger partial charge in [-0.15, -0.1) is 0 Å². The fourth-order valence-electron chi connectivity index (χ4n) is 3.58. The van der Waals surface area contributed by atoms with Crippen LogP contribution in [0.2, 0.25) is 0 Å². The molecule has 3 heterocycles. The van der Waals surface area contributed by atoms with Crippen LogP contribution < -0.4 is 5.32 Å². The summed E-state index contributed by atoms with van der Waals surface area (Å²) in [6, 6.07) is 13.3. The number of hydrogen-bond donors (Lipinski definition) is 2. The highest BCUT2D eigenvalue weighted by atomic mass is 16.1. The van der Waals surface area contributed by atoms with E-state index in [-0.39, 0.29) is 11.9 Å². The maximum atomic E-state index is 11.9. The summed E-state index contributed by atoms with van der Waals surface area (Å²) in [5, 5.41) is 19.4. The van der Waals surface area contributed by atoms with Gasteiger partial charge in [-0.1, -0.05) is 12.1 Å². The number of H-pyrrole nitrogens is 1. The largest absolute Gasteiger partial charge is 0.355 e. The number of aromatic amines is 1. The topological polar surface area (TPSA) is 97.7 Å². The molecule has 140 valence electrons. The molecule has 0 bridgehead atoms. The zero-order valence-electron chi connectivity index (χ0n) is 15.5. The molecule has 1 fully saturated rings. The Morgan fingerprint density at radius 2 is 2.11 bits per heavy atom. The van der Waals surface area contributed by atoms with Crippen LogP contribution in [0, 0.1) is 11.5 Å². The molecule has 1 amide bonds. The first-order valence-corrected chi connectivity index (χ1v) is 9.20. The van der Waals surface area contributed by atoms with Crippen molar-refractivity contribution in [2.45, 2.75) is 18.9 Å². The van der Waals surface area contributed by atoms with Gasteiger partial charge in [0.15, 0.2) is 6.19 Å². The Kier molecular flexibility index (Phi) is 4.77. The van der Waals surface area contributed by atoms with Crippen LogP contribution in [0.25, 0.3) is 22.5 Å². The van der Waals surface area contributed by atoms with Gasteiger partial charge in [-0.25, -0.2) is 0 Å². The number of nitrogens with zero attached hydrogens (tertiary/aromatic N) is 4. The minimum atomic E-state index is -0.131. The van der Waals surface area contributed by atoms with Gasteiger partial charge in [-0.05, 0) is 43.2 Å². The molecule has 7 nitrogen and oxygen atoms in total. The van der Waals surface area contributed by atoms with Crippen LogP contribution in [0.15, 0.2) is 48.7 Å². The van der Waals surface area contributed by atoms with Gasteiger partial charge in [0.05, 0.1) is 23.1 Å². The first kappa shape index (κ1) is 17.7. The fourth-order valence-corrected chi connectivity index (χ4v) is 3.58. The van der Waals surface area contributed by atoms with Gasteiger partial charge in [0.25, 0.3) is 5.91 Å². The molecule has 1 aromatic carbocycles. The van der Waals surface area contributed by atoms with Crippen LogP contribution >= 0.6 is 0 Å². The van der Waals surface area contributed by atoms with Gasteiger partial charge in [-0.3, -0.25) is 14.9 Å². The standard InChI is InChI=1S/C21H20N6O/c1-23-21(28)16-5-2-4-14(10-16)17-11-15(7-8-24-17)18-12-19(26-25-18)20-6-3-9-27(20)13-22/h2,4-5,7-8,10-12,20H,3,6,9H2,1H3,(H,23,28)(H,25,26). The third kappa shape index (κ3) is 3.32. The number of carbonyl (C=O) groups excluding carboxylic acids is 1. The molecule has 1 atom stereocenters. The maximum absolute atomic E-state index is 11.9. The molecule has 0 radical (unpaired) electrons. The van der Waals surface area contributed by atoms with Crippen molar-refractivity contribution in [1.29, 1.82) is 5.26 Å². The number of likely N-dealkylation sites (tertiary alicyclic amines) is 1. The number of nitrogens with one attached hydrogen (secondary N) is 2. The van der Waals surface area contributed by atoms with E-state index in [1.54, 1.807) is 24.2 Å². The number of hydrogen-bond acceptors (Lipinski definition) is 5. The second kappa shape index (κ2) is 7.53. The number of benzene rings is 1. The molecular formula is C21H20N6O. The summed E-state index contributed by atoms with van der Waals surface area (Å²) in [5.74, 6) is -0.131. The van der Waals surface area contributed by atoms with Gasteiger partial charge < -0.3 is 10.2 Å². The summed E-state index contributed by atoms with van der Waals surface area (Å²) < 4.78 is 0. The van der Waals surface area contributed by atoms with Gasteiger partial charge in [0.1, 0.15) is 0 Å². The molecule has 7 heteroatoms. The molecule has 2 N–H and O–H groups in total. The molecule has 1 unspecified atom stereocenters. The van der Waals surface area contributed by atoms with Gasteiger partial charge >= 0.3 is 0 Å². The van der Waals surface area contributed by atoms with Crippen molar-refractivity contribution in [3.05, 3.63) is 59.9 Å². The summed E-state index contributed by atoms with van der Waals surface area (Å²) in [6.07, 6.45) is 5.95. The van der Waals surface area contributed by atoms with Gasteiger partial charge in [0.2, 0.25) is 0 Å². The number of aromatic nitrogens is 3. The predicted molar refractivity (Wildman–Crippen MR) is 105 cm³/mol. The number of carbonyl (C=O) groups is 1. The second-order valence-corrected chi connectivity index (χ2v) is 6.75. The predicted octanol–water partition coefficient (Wildman–Crippen LogP) is 3.12. The summed E-state index contributed by atoms with van der Waals surface area (Å²) in [5.41, 5.74) is 4.92. The molecule has 0 saturated carbocycles. The van der Waals surface area contributed by atoms with Crippen molar-refractivity contribution in [3.8, 4) is 28.7 Å². The van der Waals surface area contributed by atoms with E-state index >= 15 is 0 Å². The van der Waals surface area contributed by atoms with Gasteiger partial charge in [-0.2, -0.15) is 10.4 Å². The molecule has 4 rings (SSSR count). The number of nitriles is 1. The lowest BCUT2D eigenvalue weighted by Gasteiger charge is -2.15. The lowest BCUT2D eigenvalue weighted by atomic mass is 10.0. The quantitative estimate of drug-likeness (QED) is 0.686. The van der Waals surface area contributed by atoms with Crippen molar-refractivity contribution in [2.75, 3.05) is 13.6 Å². The van der Waals surface area contributed by atoms with E-state index in [1.165, 1.54) is 0 Å². The first-order valence-electron chi connectivity index (χ1n) is 9.20. The van der Waals surface area contributed by atoms with E-state index in [0.29, 0.717) is 5.56 Å². The minimum absolute atomic E-state index is 0.0665. The van der Waals surface area contributed by atoms with E-state index in [1.807, 2.05) is 36.4 Å². The summed E-state index contributed by atoms with van der Waals surface area (Å²) in [7, 11) is 1.61. The first-order chi connectivity index (χ1) is 13.7. The van der Waals surface area contributed by atoms with Crippen LogP contribution in [-0.2, 0) is 0 Å². The molecule has 1 saturated heterocycles. The van der Waals surface area contributed by atoms with Crippen LogP contribution in [0.5, 0.6) is 0 Å². The smallest absolute Gasteiger partial charge is 0.251 e. The SMILES string of the molecule is CNC(=O)c1cccc(-c2cc(-c3cc(C4CCCN4C#N)[nH]n3)ccn2)c1. The van der Waals surface area contributed by atoms with E-state index in [9.17, 15) is 10.1 Å². The van der Waals surface area contributed by atoms with Crippen LogP contribution in [0.3, 0.4) is 0 Å². The van der Waals surface area contributed by atoms with E-state index in [4.69, 9.17) is 0 Å². The second-order valence-electron chi connectivity index (χ2n) is 6.75. The zero-order chi connectivity index (χ0) is 19.5. The molecule has 0 spiro atoms. The average Bonchev–Trinajstić information content (AvgIpc) is 3.42. The fraction of sp³-hybridized carbons (Fsp3) is 0.238. The Bertz CT molecular complexity index is 1050. The van der Waals surface area contributed by atoms with Crippen LogP contribution in [0.1, 0.15) is 34.9 Å². The summed E-state index contributed by atoms with van der Waals surface area (Å²) in [6.45, 7) is 0.788. The average molecular weight is 372 g/mol. The Balaban J connectivity index is 1.63. The third-order valence-corrected chi connectivity index (χ3v) is 5.04. The van der Waals surface area contributed by atoms with Crippen molar-refractivity contribution >= 4 is 5.91 Å². The Hall–Kier alpha value is -3.66. The van der Waals surface area contributed by atoms with Crippen molar-refractivity contribution < 1.29 is 4.79 Å². The monoisotopic (exact) mass is 372 g/mol. The molecule has 2 aromatic heterocycles. The van der Waals surface area contributed by atoms with E-state index in [0.717, 1.165) is 47.6 Å². The summed E-state index contributed by atoms with van der Waals surface area (Å²) >= 11 is 0. The van der Waals surface area contributed by atoms with Crippen LogP contribution in [-0.4, -0.2) is 39.6 Å². The Morgan fingerprint density at radius 3 is 2.93 bits per heavy atom. The number of pyridine rings is 1. The summed E-state index contributed by atoms with van der Waals surface area (Å²) in [4.78, 5) is 18.1. The number of rotatable bonds is 4. The Labute approximate surface area is 163 Å². The molecule has 28 heavy (non-hydrogen) atoms. The molecular weight excluding hydrogens is 352 g/mol. The number of amides is 1. The van der Waals surface area contributed by atoms with Crippen molar-refractivity contribution in [1.82, 2.24) is 25.4 Å². The highest BCUT2D eigenvalue weighted by Gasteiger charge is 2.26. The van der Waals surface area contributed by atoms with E-state index < -0.39 is 0 Å². The highest BCUT2D eigenvalue weighted by Crippen LogP contribution is 2.32. The van der Waals surface area contributed by atoms with Gasteiger partial charge in [0, 0.05) is 36.5 Å². The lowest BCUT2D eigenvalue weighted by Crippen LogP contribution is -2.17. The highest BCUT2D eigenvalue weighted by molar-refractivity contribution is 5.95. The lowest BCUT2D eigenvalue weighted by molar-refractivity contribution is 0.0963. The van der Waals surface area contributed by atoms with Crippen LogP contribution in [0.4, 0.5) is 0 Å². The molecule has 0 aliphatic carbocycles. The van der Waals surface area contributed by atoms with E-state index in [2.05, 4.69) is 26.7 Å². The molecule has 3 aromatic rings. The molecule has 1 aliphatic heterocycles. The van der Waals surface area contributed by atoms with Crippen molar-refractivity contribution in [2.24, 2.45) is 0 Å². The molecule has 1 aliphatic rings. The Morgan fingerprint density at radius 1 is 1.25 bits per heavy atom.